The van der Waals surface area contributed by atoms with Crippen molar-refractivity contribution in [1.82, 2.24) is 19.4 Å². The first-order valence-electron chi connectivity index (χ1n) is 12.9. The number of anilines is 2. The van der Waals surface area contributed by atoms with Gasteiger partial charge in [0, 0.05) is 24.8 Å². The molecule has 7 rings (SSSR count). The Morgan fingerprint density at radius 3 is 2.64 bits per heavy atom. The number of ether oxygens (including phenoxy) is 1. The summed E-state index contributed by atoms with van der Waals surface area (Å²) in [5.74, 6) is 0.862. The topological polar surface area (TPSA) is 111 Å². The molecule has 0 radical (unpaired) electrons. The number of rotatable bonds is 5. The molecule has 3 aliphatic rings. The molecule has 3 aromatic heterocycles. The van der Waals surface area contributed by atoms with E-state index in [0.29, 0.717) is 52.7 Å². The average Bonchev–Trinajstić information content (AvgIpc) is 3.11. The number of nitrogens with one attached hydrogen (secondary N) is 1. The third kappa shape index (κ3) is 3.52. The van der Waals surface area contributed by atoms with Gasteiger partial charge in [0.1, 0.15) is 35.6 Å². The molecule has 4 aromatic rings. The molecule has 3 N–H and O–H groups in total. The SMILES string of the molecule is Cc1nc2c(OCc3c(F)cccc3F)cccn2c1-c1nc2c(c(N3CC4CC4(N)C3)n1)C(C)(C)C(=O)N2. The van der Waals surface area contributed by atoms with Gasteiger partial charge < -0.3 is 20.7 Å². The smallest absolute Gasteiger partial charge is 0.235 e. The molecule has 5 heterocycles. The Morgan fingerprint density at radius 2 is 1.92 bits per heavy atom. The van der Waals surface area contributed by atoms with Gasteiger partial charge in [0.2, 0.25) is 5.91 Å². The van der Waals surface area contributed by atoms with Gasteiger partial charge in [-0.25, -0.2) is 23.7 Å². The highest BCUT2D eigenvalue weighted by Crippen LogP contribution is 2.51. The van der Waals surface area contributed by atoms with Gasteiger partial charge in [0.25, 0.3) is 0 Å². The number of hydrogen-bond donors (Lipinski definition) is 2. The molecular weight excluding hydrogens is 504 g/mol. The van der Waals surface area contributed by atoms with Crippen LogP contribution in [0.1, 0.15) is 37.1 Å². The van der Waals surface area contributed by atoms with E-state index in [0.717, 1.165) is 18.5 Å². The number of hydrogen-bond acceptors (Lipinski definition) is 7. The summed E-state index contributed by atoms with van der Waals surface area (Å²) in [4.78, 5) is 29.5. The van der Waals surface area contributed by atoms with E-state index in [2.05, 4.69) is 10.2 Å². The van der Waals surface area contributed by atoms with Crippen LogP contribution >= 0.6 is 0 Å². The highest BCUT2D eigenvalue weighted by atomic mass is 19.1. The summed E-state index contributed by atoms with van der Waals surface area (Å²) >= 11 is 0. The molecule has 200 valence electrons. The van der Waals surface area contributed by atoms with Crippen LogP contribution in [-0.4, -0.2) is 43.9 Å². The van der Waals surface area contributed by atoms with Gasteiger partial charge >= 0.3 is 0 Å². The highest BCUT2D eigenvalue weighted by Gasteiger charge is 2.58. The second kappa shape index (κ2) is 7.95. The van der Waals surface area contributed by atoms with Gasteiger partial charge in [-0.3, -0.25) is 9.20 Å². The van der Waals surface area contributed by atoms with Crippen LogP contribution in [-0.2, 0) is 16.8 Å². The van der Waals surface area contributed by atoms with Gasteiger partial charge in [-0.15, -0.1) is 0 Å². The molecule has 1 aromatic carbocycles. The Bertz CT molecular complexity index is 1680. The molecule has 1 saturated carbocycles. The lowest BCUT2D eigenvalue weighted by molar-refractivity contribution is -0.119. The van der Waals surface area contributed by atoms with Gasteiger partial charge in [-0.05, 0) is 57.4 Å². The van der Waals surface area contributed by atoms with E-state index in [-0.39, 0.29) is 23.6 Å². The fourth-order valence-corrected chi connectivity index (χ4v) is 5.87. The van der Waals surface area contributed by atoms with Crippen LogP contribution in [0.2, 0.25) is 0 Å². The Morgan fingerprint density at radius 1 is 1.15 bits per heavy atom. The number of nitrogens with two attached hydrogens (primary N) is 1. The summed E-state index contributed by atoms with van der Waals surface area (Å²) < 4.78 is 36.0. The number of aryl methyl sites for hydroxylation is 1. The van der Waals surface area contributed by atoms with Crippen LogP contribution < -0.4 is 20.7 Å². The first-order chi connectivity index (χ1) is 18.6. The fraction of sp³-hybridized carbons (Fsp3) is 0.357. The number of imidazole rings is 1. The number of aromatic nitrogens is 4. The molecule has 9 nitrogen and oxygen atoms in total. The van der Waals surface area contributed by atoms with Crippen LogP contribution in [0.15, 0.2) is 36.5 Å². The normalized spacial score (nSPS) is 22.7. The minimum absolute atomic E-state index is 0.136. The van der Waals surface area contributed by atoms with Crippen LogP contribution in [0.25, 0.3) is 17.2 Å². The van der Waals surface area contributed by atoms with E-state index in [1.807, 2.05) is 20.8 Å². The number of halogens is 2. The zero-order valence-corrected chi connectivity index (χ0v) is 21.8. The maximum Gasteiger partial charge on any atom is 0.235 e. The van der Waals surface area contributed by atoms with Crippen LogP contribution in [0.3, 0.4) is 0 Å². The molecule has 11 heteroatoms. The number of carbonyl (C=O) groups excluding carboxylic acids is 1. The lowest BCUT2D eigenvalue weighted by Crippen LogP contribution is -2.35. The number of carbonyl (C=O) groups is 1. The van der Waals surface area contributed by atoms with Gasteiger partial charge in [-0.1, -0.05) is 6.07 Å². The summed E-state index contributed by atoms with van der Waals surface area (Å²) in [5, 5.41) is 2.94. The van der Waals surface area contributed by atoms with Crippen molar-refractivity contribution in [3.63, 3.8) is 0 Å². The predicted octanol–water partition coefficient (Wildman–Crippen LogP) is 3.72. The molecule has 1 aliphatic carbocycles. The monoisotopic (exact) mass is 531 g/mol. The predicted molar refractivity (Wildman–Crippen MR) is 141 cm³/mol. The quantitative estimate of drug-likeness (QED) is 0.404. The lowest BCUT2D eigenvalue weighted by Gasteiger charge is -2.27. The Hall–Kier alpha value is -4.12. The maximum absolute atomic E-state index is 14.2. The molecule has 1 saturated heterocycles. The number of pyridine rings is 1. The van der Waals surface area contributed by atoms with Gasteiger partial charge in [-0.2, -0.15) is 0 Å². The zero-order valence-electron chi connectivity index (χ0n) is 21.8. The molecule has 2 atom stereocenters. The minimum atomic E-state index is -0.796. The molecule has 1 amide bonds. The fourth-order valence-electron chi connectivity index (χ4n) is 5.87. The lowest BCUT2D eigenvalue weighted by atomic mass is 9.87. The number of amides is 1. The van der Waals surface area contributed by atoms with E-state index >= 15 is 0 Å². The van der Waals surface area contributed by atoms with Gasteiger partial charge in [0.15, 0.2) is 17.2 Å². The largest absolute Gasteiger partial charge is 0.485 e. The van der Waals surface area contributed by atoms with Crippen LogP contribution in [0, 0.1) is 24.5 Å². The van der Waals surface area contributed by atoms with Crippen molar-refractivity contribution in [2.75, 3.05) is 23.3 Å². The Labute approximate surface area is 223 Å². The van der Waals surface area contributed by atoms with Crippen molar-refractivity contribution in [3.05, 3.63) is 65.0 Å². The van der Waals surface area contributed by atoms with Crippen molar-refractivity contribution < 1.29 is 18.3 Å². The summed E-state index contributed by atoms with van der Waals surface area (Å²) in [6, 6.07) is 7.15. The van der Waals surface area contributed by atoms with Crippen molar-refractivity contribution in [2.45, 2.75) is 44.8 Å². The molecule has 2 fully saturated rings. The Kier molecular flexibility index (Phi) is 4.88. The van der Waals surface area contributed by atoms with Crippen molar-refractivity contribution in [1.29, 1.82) is 0 Å². The zero-order chi connectivity index (χ0) is 27.3. The van der Waals surface area contributed by atoms with Crippen molar-refractivity contribution in [3.8, 4) is 17.3 Å². The van der Waals surface area contributed by atoms with E-state index in [9.17, 15) is 13.6 Å². The van der Waals surface area contributed by atoms with E-state index in [1.54, 1.807) is 22.7 Å². The Balaban J connectivity index is 1.32. The third-order valence-electron chi connectivity index (χ3n) is 8.25. The minimum Gasteiger partial charge on any atom is -0.485 e. The number of benzene rings is 1. The molecule has 2 aliphatic heterocycles. The van der Waals surface area contributed by atoms with Crippen molar-refractivity contribution >= 4 is 23.2 Å². The second-order valence-corrected chi connectivity index (χ2v) is 11.3. The molecule has 0 spiro atoms. The highest BCUT2D eigenvalue weighted by molar-refractivity contribution is 6.06. The number of nitrogens with zero attached hydrogens (tertiary/aromatic N) is 5. The maximum atomic E-state index is 14.2. The summed E-state index contributed by atoms with van der Waals surface area (Å²) in [7, 11) is 0. The summed E-state index contributed by atoms with van der Waals surface area (Å²) in [6.45, 7) is 6.73. The average molecular weight is 532 g/mol. The van der Waals surface area contributed by atoms with E-state index in [1.165, 1.54) is 18.2 Å². The van der Waals surface area contributed by atoms with Crippen LogP contribution in [0.5, 0.6) is 5.75 Å². The first kappa shape index (κ1) is 24.0. The first-order valence-corrected chi connectivity index (χ1v) is 12.9. The third-order valence-corrected chi connectivity index (χ3v) is 8.25. The standard InChI is InChI=1S/C28H27F2N7O2/c1-14-21(37-9-5-8-19(24(37)32-14)39-12-16-17(29)6-4-7-18(16)30)23-33-22-20(27(2,3)26(38)35-22)25(34-23)36-11-15-10-28(15,31)13-36/h4-9,15H,10-13,31H2,1-3H3,(H,33,34,35,38). The van der Waals surface area contributed by atoms with Gasteiger partial charge in [0.05, 0.1) is 22.2 Å². The molecule has 39 heavy (non-hydrogen) atoms. The molecule has 0 bridgehead atoms. The van der Waals surface area contributed by atoms with Crippen LogP contribution in [0.4, 0.5) is 20.4 Å². The van der Waals surface area contributed by atoms with E-state index in [4.69, 9.17) is 25.4 Å². The van der Waals surface area contributed by atoms with Crippen molar-refractivity contribution in [2.24, 2.45) is 11.7 Å². The molecular formula is C28H27F2N7O2. The molecule has 2 unspecified atom stereocenters. The number of fused-ring (bicyclic) bond motifs is 3. The summed E-state index contributed by atoms with van der Waals surface area (Å²) in [5.41, 5.74) is 7.84. The van der Waals surface area contributed by atoms with E-state index < -0.39 is 17.0 Å². The second-order valence-electron chi connectivity index (χ2n) is 11.3. The summed E-state index contributed by atoms with van der Waals surface area (Å²) in [6.07, 6.45) is 2.80. The number of piperidine rings is 1.